The molecule has 4 aromatic rings. The summed E-state index contributed by atoms with van der Waals surface area (Å²) in [7, 11) is 0. The molecule has 0 unspecified atom stereocenters. The van der Waals surface area contributed by atoms with E-state index in [9.17, 15) is 14.9 Å². The van der Waals surface area contributed by atoms with Crippen molar-refractivity contribution in [3.05, 3.63) is 130 Å². The fourth-order valence-corrected chi connectivity index (χ4v) is 3.42. The van der Waals surface area contributed by atoms with Crippen LogP contribution in [0.15, 0.2) is 103 Å². The lowest BCUT2D eigenvalue weighted by Gasteiger charge is -2.04. The van der Waals surface area contributed by atoms with Crippen LogP contribution in [0.4, 0.5) is 5.69 Å². The second-order valence-corrected chi connectivity index (χ2v) is 7.35. The molecule has 160 valence electrons. The monoisotopic (exact) mass is 488 g/mol. The van der Waals surface area contributed by atoms with Crippen molar-refractivity contribution in [3.8, 4) is 11.1 Å². The van der Waals surface area contributed by atoms with Gasteiger partial charge in [-0.3, -0.25) is 14.9 Å². The lowest BCUT2D eigenvalue weighted by atomic mass is 10.0. The highest BCUT2D eigenvalue weighted by molar-refractivity contribution is 5.95. The highest BCUT2D eigenvalue weighted by atomic mass is 79.9. The number of aromatic nitrogens is 1. The first-order valence-corrected chi connectivity index (χ1v) is 9.98. The maximum Gasteiger partial charge on any atom is 0.269 e. The zero-order valence-corrected chi connectivity index (χ0v) is 18.8. The van der Waals surface area contributed by atoms with Crippen molar-refractivity contribution in [3.63, 3.8) is 0 Å². The van der Waals surface area contributed by atoms with E-state index in [1.165, 1.54) is 12.1 Å². The summed E-state index contributed by atoms with van der Waals surface area (Å²) in [5.41, 5.74) is 5.05. The number of carbonyl (C=O) groups is 1. The Balaban J connectivity index is 0.00000289. The van der Waals surface area contributed by atoms with Crippen LogP contribution >= 0.6 is 0 Å². The molecule has 0 saturated heterocycles. The zero-order chi connectivity index (χ0) is 21.6. The molecule has 3 aromatic carbocycles. The predicted octanol–water partition coefficient (Wildman–Crippen LogP) is 2.03. The fourth-order valence-electron chi connectivity index (χ4n) is 3.42. The van der Waals surface area contributed by atoms with Crippen LogP contribution in [0.3, 0.4) is 0 Å². The third-order valence-corrected chi connectivity index (χ3v) is 5.16. The van der Waals surface area contributed by atoms with E-state index >= 15 is 0 Å². The molecular weight excluding hydrogens is 468 g/mol. The van der Waals surface area contributed by atoms with E-state index in [1.807, 2.05) is 83.7 Å². The Morgan fingerprint density at radius 2 is 1.31 bits per heavy atom. The highest BCUT2D eigenvalue weighted by Crippen LogP contribution is 2.19. The maximum atomic E-state index is 12.6. The quantitative estimate of drug-likeness (QED) is 0.173. The molecule has 0 N–H and O–H groups in total. The average molecular weight is 489 g/mol. The minimum Gasteiger partial charge on any atom is -1.00 e. The van der Waals surface area contributed by atoms with Gasteiger partial charge in [0.2, 0.25) is 12.3 Å². The van der Waals surface area contributed by atoms with Gasteiger partial charge in [-0.25, -0.2) is 0 Å². The zero-order valence-electron chi connectivity index (χ0n) is 17.2. The SMILES string of the molecule is O=C(C[n+]1ccc(Cc2ccc([N+](=O)[O-])cc2)cc1)c1ccc(-c2ccccc2)cc1.[Br-]. The standard InChI is InChI=1S/C26H21N2O3.BrH/c29-26(24-10-8-23(9-11-24)22-4-2-1-3-5-22)19-27-16-14-21(15-17-27)18-20-6-12-25(13-7-20)28(30)31;/h1-17H,18-19H2;1H/q+1;/p-1. The summed E-state index contributed by atoms with van der Waals surface area (Å²) in [5, 5.41) is 10.8. The summed E-state index contributed by atoms with van der Waals surface area (Å²) in [6.07, 6.45) is 4.45. The van der Waals surface area contributed by atoms with E-state index in [0.717, 1.165) is 22.3 Å². The molecule has 32 heavy (non-hydrogen) atoms. The van der Waals surface area contributed by atoms with Crippen LogP contribution < -0.4 is 21.5 Å². The molecule has 0 aliphatic rings. The van der Waals surface area contributed by atoms with Gasteiger partial charge >= 0.3 is 0 Å². The van der Waals surface area contributed by atoms with Crippen LogP contribution in [0.1, 0.15) is 21.5 Å². The lowest BCUT2D eigenvalue weighted by molar-refractivity contribution is -0.683. The van der Waals surface area contributed by atoms with Crippen LogP contribution in [0, 0.1) is 10.1 Å². The molecule has 0 aliphatic heterocycles. The maximum absolute atomic E-state index is 12.6. The average Bonchev–Trinajstić information content (AvgIpc) is 2.81. The number of hydrogen-bond donors (Lipinski definition) is 0. The van der Waals surface area contributed by atoms with Crippen LogP contribution in [-0.4, -0.2) is 10.7 Å². The minimum absolute atomic E-state index is 0. The van der Waals surface area contributed by atoms with Gasteiger partial charge in [-0.05, 0) is 28.7 Å². The van der Waals surface area contributed by atoms with Crippen molar-refractivity contribution in [1.82, 2.24) is 0 Å². The fraction of sp³-hybridized carbons (Fsp3) is 0.0769. The molecule has 0 radical (unpaired) electrons. The Bertz CT molecular complexity index is 1190. The van der Waals surface area contributed by atoms with Crippen molar-refractivity contribution in [2.45, 2.75) is 13.0 Å². The number of non-ortho nitro benzene ring substituents is 1. The van der Waals surface area contributed by atoms with Crippen molar-refractivity contribution >= 4 is 11.5 Å². The normalized spacial score (nSPS) is 10.2. The molecular formula is C26H21BrN2O3. The Morgan fingerprint density at radius 3 is 1.91 bits per heavy atom. The molecule has 0 bridgehead atoms. The van der Waals surface area contributed by atoms with Crippen LogP contribution in [0.2, 0.25) is 0 Å². The first-order chi connectivity index (χ1) is 15.1. The van der Waals surface area contributed by atoms with Gasteiger partial charge in [0, 0.05) is 29.8 Å². The van der Waals surface area contributed by atoms with Gasteiger partial charge in [-0.2, -0.15) is 4.57 Å². The van der Waals surface area contributed by atoms with Crippen molar-refractivity contribution in [2.24, 2.45) is 0 Å². The number of halogens is 1. The third-order valence-electron chi connectivity index (χ3n) is 5.16. The summed E-state index contributed by atoms with van der Waals surface area (Å²) in [5.74, 6) is 0.0488. The molecule has 1 heterocycles. The molecule has 0 aliphatic carbocycles. The Morgan fingerprint density at radius 1 is 0.750 bits per heavy atom. The van der Waals surface area contributed by atoms with E-state index in [-0.39, 0.29) is 35.0 Å². The summed E-state index contributed by atoms with van der Waals surface area (Å²) in [6.45, 7) is 0.266. The Hall–Kier alpha value is -3.64. The van der Waals surface area contributed by atoms with Crippen LogP contribution in [-0.2, 0) is 13.0 Å². The largest absolute Gasteiger partial charge is 1.00 e. The summed E-state index contributed by atoms with van der Waals surface area (Å²) in [4.78, 5) is 23.0. The second kappa shape index (κ2) is 10.6. The van der Waals surface area contributed by atoms with Crippen LogP contribution in [0.5, 0.6) is 0 Å². The third kappa shape index (κ3) is 5.74. The van der Waals surface area contributed by atoms with Gasteiger partial charge in [0.25, 0.3) is 5.69 Å². The van der Waals surface area contributed by atoms with E-state index in [0.29, 0.717) is 12.0 Å². The van der Waals surface area contributed by atoms with Gasteiger partial charge < -0.3 is 17.0 Å². The predicted molar refractivity (Wildman–Crippen MR) is 119 cm³/mol. The van der Waals surface area contributed by atoms with E-state index in [2.05, 4.69) is 0 Å². The minimum atomic E-state index is -0.401. The van der Waals surface area contributed by atoms with Crippen molar-refractivity contribution in [1.29, 1.82) is 0 Å². The highest BCUT2D eigenvalue weighted by Gasteiger charge is 2.13. The van der Waals surface area contributed by atoms with Gasteiger partial charge in [-0.15, -0.1) is 0 Å². The molecule has 0 saturated carbocycles. The van der Waals surface area contributed by atoms with Crippen molar-refractivity contribution < 1.29 is 31.3 Å². The van der Waals surface area contributed by atoms with Gasteiger partial charge in [-0.1, -0.05) is 66.7 Å². The number of nitro groups is 1. The number of Topliss-reactive ketones (excluding diaryl/α,β-unsaturated/α-hetero) is 1. The number of nitro benzene ring substituents is 1. The molecule has 0 atom stereocenters. The second-order valence-electron chi connectivity index (χ2n) is 7.35. The molecule has 6 heteroatoms. The van der Waals surface area contributed by atoms with Gasteiger partial charge in [0.05, 0.1) is 4.92 Å². The number of pyridine rings is 1. The summed E-state index contributed by atoms with van der Waals surface area (Å²) < 4.78 is 1.85. The number of benzene rings is 3. The summed E-state index contributed by atoms with van der Waals surface area (Å²) in [6, 6.07) is 28.2. The topological polar surface area (TPSA) is 64.1 Å². The Labute approximate surface area is 196 Å². The van der Waals surface area contributed by atoms with Gasteiger partial charge in [0.15, 0.2) is 12.4 Å². The molecule has 4 rings (SSSR count). The van der Waals surface area contributed by atoms with E-state index < -0.39 is 4.92 Å². The first-order valence-electron chi connectivity index (χ1n) is 9.98. The smallest absolute Gasteiger partial charge is 0.269 e. The Kier molecular flexibility index (Phi) is 7.63. The first kappa shape index (κ1) is 23.0. The molecule has 0 amide bonds. The number of carbonyl (C=O) groups excluding carboxylic acids is 1. The molecule has 0 spiro atoms. The number of nitrogens with zero attached hydrogens (tertiary/aromatic N) is 2. The number of ketones is 1. The van der Waals surface area contributed by atoms with Crippen LogP contribution in [0.25, 0.3) is 11.1 Å². The summed E-state index contributed by atoms with van der Waals surface area (Å²) >= 11 is 0. The van der Waals surface area contributed by atoms with E-state index in [4.69, 9.17) is 0 Å². The molecule has 1 aromatic heterocycles. The molecule has 0 fully saturated rings. The van der Waals surface area contributed by atoms with Crippen molar-refractivity contribution in [2.75, 3.05) is 0 Å². The van der Waals surface area contributed by atoms with Gasteiger partial charge in [0.1, 0.15) is 0 Å². The molecule has 5 nitrogen and oxygen atoms in total. The van der Waals surface area contributed by atoms with E-state index in [1.54, 1.807) is 12.1 Å². The number of hydrogen-bond acceptors (Lipinski definition) is 3. The number of rotatable bonds is 7. The lowest BCUT2D eigenvalue weighted by Crippen LogP contribution is -3.00.